The first kappa shape index (κ1) is 94.0. The van der Waals surface area contributed by atoms with E-state index >= 15 is 0 Å². The molecule has 1 N–H and O–H groups in total. The summed E-state index contributed by atoms with van der Waals surface area (Å²) in [6, 6.07) is -2.17. The first-order chi connectivity index (χ1) is 53.9. The number of rotatable bonds is 32. The van der Waals surface area contributed by atoms with E-state index in [0.717, 1.165) is 124 Å². The number of esters is 16. The van der Waals surface area contributed by atoms with Crippen molar-refractivity contribution in [1.82, 2.24) is 5.32 Å². The van der Waals surface area contributed by atoms with Gasteiger partial charge in [0.1, 0.15) is 87.9 Å². The molecule has 115 heavy (non-hydrogen) atoms. The number of ether oxygens (including phenoxy) is 27. The van der Waals surface area contributed by atoms with E-state index in [0.29, 0.717) is 0 Å². The molecule has 0 aromatic carbocycles. The summed E-state index contributed by atoms with van der Waals surface area (Å²) in [4.78, 5) is 224. The SMILES string of the molecule is CC(=O)N[C@H]1[C@H](O[C@H]2[C@@H](OC(C)=O)[C@@H](COC(C)=O)O[C@H](O[C@@H]3[C@H](OC(C)=O)[C@@H](OC(C)=O)[C@H](O[C@H]4[C@H](OC(C)=O)C=CO[C@@H]4COC(C)=O)O[C@@H]3COC(C)=O)[C@@H]2OC(C)=O)O[C@H](COC(C)=O)[C@H](OC(C)=O)[C@@H]1O[C@@H]1O[C@H](COC(C)=O)[C@H](OC(C)=O)[C@H](OC(C)=O)[C@H]1O[C@@H]1O[C@@H](C)[C@@H](OC(C)=O)[C@@H](OC(C)=O)[C@@H]1OC(C)=O. The molecule has 6 aliphatic heterocycles. The predicted octanol–water partition coefficient (Wildman–Crippen LogP) is -1.96. The van der Waals surface area contributed by atoms with Gasteiger partial charge in [0.2, 0.25) is 5.91 Å². The van der Waals surface area contributed by atoms with Gasteiger partial charge in [0.15, 0.2) is 111 Å². The fourth-order valence-electron chi connectivity index (χ4n) is 12.9. The Morgan fingerprint density at radius 3 is 0.896 bits per heavy atom. The summed E-state index contributed by atoms with van der Waals surface area (Å²) < 4.78 is 162. The first-order valence-electron chi connectivity index (χ1n) is 35.6. The Bertz CT molecular complexity index is 3540. The number of hydrogen-bond donors (Lipinski definition) is 1. The van der Waals surface area contributed by atoms with Crippen LogP contribution < -0.4 is 5.32 Å². The van der Waals surface area contributed by atoms with Crippen molar-refractivity contribution in [1.29, 1.82) is 0 Å². The zero-order chi connectivity index (χ0) is 85.7. The summed E-state index contributed by atoms with van der Waals surface area (Å²) in [5.74, 6) is -18.1. The van der Waals surface area contributed by atoms with Crippen LogP contribution in [0.2, 0.25) is 0 Å². The third kappa shape index (κ3) is 27.9. The van der Waals surface area contributed by atoms with Crippen LogP contribution >= 0.6 is 0 Å². The summed E-state index contributed by atoms with van der Waals surface area (Å²) in [6.07, 6.45) is -51.7. The maximum Gasteiger partial charge on any atom is 0.303 e. The smallest absolute Gasteiger partial charge is 0.303 e. The van der Waals surface area contributed by atoms with Crippen LogP contribution in [0.3, 0.4) is 0 Å². The molecular weight excluding hydrogens is 1560 g/mol. The van der Waals surface area contributed by atoms with Crippen molar-refractivity contribution in [2.75, 3.05) is 33.0 Å². The lowest BCUT2D eigenvalue weighted by atomic mass is 9.93. The lowest BCUT2D eigenvalue weighted by Gasteiger charge is -2.52. The summed E-state index contributed by atoms with van der Waals surface area (Å²) in [5, 5.41) is 2.56. The van der Waals surface area contributed by atoms with Crippen LogP contribution in [0.25, 0.3) is 0 Å². The molecule has 1 amide bonds. The van der Waals surface area contributed by atoms with Gasteiger partial charge >= 0.3 is 95.5 Å². The van der Waals surface area contributed by atoms with Crippen LogP contribution in [-0.2, 0) is 209 Å². The highest BCUT2D eigenvalue weighted by Gasteiger charge is 2.63. The van der Waals surface area contributed by atoms with Gasteiger partial charge in [-0.25, -0.2) is 0 Å². The van der Waals surface area contributed by atoms with E-state index in [-0.39, 0.29) is 0 Å². The fraction of sp³-hybridized carbons (Fsp3) is 0.729. The van der Waals surface area contributed by atoms with E-state index in [2.05, 4.69) is 5.32 Å². The molecule has 0 unspecified atom stereocenters. The van der Waals surface area contributed by atoms with Gasteiger partial charge in [-0.2, -0.15) is 0 Å². The second kappa shape index (κ2) is 43.2. The van der Waals surface area contributed by atoms with E-state index in [1.165, 1.54) is 13.0 Å². The van der Waals surface area contributed by atoms with E-state index in [1.54, 1.807) is 0 Å². The minimum absolute atomic E-state index is 0.585. The van der Waals surface area contributed by atoms with Crippen molar-refractivity contribution in [3.8, 4) is 0 Å². The molecule has 0 aliphatic carbocycles. The molecular formula is C70H95NO44. The maximum atomic E-state index is 14.1. The van der Waals surface area contributed by atoms with Gasteiger partial charge in [0.25, 0.3) is 0 Å². The highest BCUT2D eigenvalue weighted by molar-refractivity contribution is 5.74. The lowest BCUT2D eigenvalue weighted by molar-refractivity contribution is -0.391. The number of carbonyl (C=O) groups is 17. The van der Waals surface area contributed by atoms with Crippen LogP contribution in [0.4, 0.5) is 0 Å². The van der Waals surface area contributed by atoms with Gasteiger partial charge in [-0.05, 0) is 13.0 Å². The molecule has 6 rings (SSSR count). The monoisotopic (exact) mass is 1650 g/mol. The van der Waals surface area contributed by atoms with Crippen molar-refractivity contribution < 1.29 is 209 Å². The van der Waals surface area contributed by atoms with Crippen LogP contribution in [0.5, 0.6) is 0 Å². The first-order valence-corrected chi connectivity index (χ1v) is 35.6. The Balaban J connectivity index is 1.64. The second-order valence-corrected chi connectivity index (χ2v) is 26.4. The number of hydrogen-bond acceptors (Lipinski definition) is 44. The Morgan fingerprint density at radius 1 is 0.252 bits per heavy atom. The van der Waals surface area contributed by atoms with Crippen molar-refractivity contribution in [2.45, 2.75) is 296 Å². The Morgan fingerprint density at radius 2 is 0.513 bits per heavy atom. The molecule has 45 nitrogen and oxygen atoms in total. The van der Waals surface area contributed by atoms with E-state index in [9.17, 15) is 81.5 Å². The van der Waals surface area contributed by atoms with Gasteiger partial charge in [0, 0.05) is 118 Å². The fourth-order valence-corrected chi connectivity index (χ4v) is 12.9. The maximum absolute atomic E-state index is 14.1. The van der Waals surface area contributed by atoms with Crippen LogP contribution in [0.1, 0.15) is 125 Å². The van der Waals surface area contributed by atoms with Gasteiger partial charge < -0.3 is 133 Å². The van der Waals surface area contributed by atoms with E-state index in [1.807, 2.05) is 0 Å². The Labute approximate surface area is 656 Å². The zero-order valence-electron chi connectivity index (χ0n) is 65.8. The molecule has 0 bridgehead atoms. The molecule has 5 fully saturated rings. The van der Waals surface area contributed by atoms with E-state index < -0.39 is 306 Å². The number of nitrogens with one attached hydrogen (secondary N) is 1. The molecule has 0 aromatic rings. The van der Waals surface area contributed by atoms with E-state index in [4.69, 9.17) is 128 Å². The quantitative estimate of drug-likeness (QED) is 0.0564. The standard InChI is InChI=1S/C70H95NO44/c1-26-51(97-34(9)79)58(101-38(13)83)62(104-41(16)86)67(95-26)115-65-59(102-39(14)84)54(99-36(11)81)47(23-92-30(5)75)109-70(65)113-57-50(71-27(2)72)66(107-46(22-91-29(4)74)53(57)98-35(10)80)114-61-55(100-37(12)82)48(24-93-31(6)76)108-69(64(61)106-43(18)88)112-56-49(25-94-32(7)77)110-68(63(105-42(17)87)60(56)103-40(15)85)111-52-44(96-33(8)78)19-20-89-45(52)21-90-28(3)73/h19-20,26,44-70H,21-25H2,1-18H3,(H,71,72)/t26-,44+,45+,46+,47+,48+,49+,50+,51+,52-,53-,54-,55-,56-,57+,58+,59-,60-,61-,62-,63+,64+,65+,66-,67-,68-,69+,70-/m0/s1. The molecule has 6 aliphatic rings. The molecule has 644 valence electrons. The van der Waals surface area contributed by atoms with Crippen molar-refractivity contribution in [2.24, 2.45) is 0 Å². The molecule has 0 radical (unpaired) electrons. The molecule has 6 heterocycles. The normalized spacial score (nSPS) is 33.4. The third-order valence-corrected chi connectivity index (χ3v) is 16.8. The average Bonchev–Trinajstić information content (AvgIpc) is 0.753. The number of carbonyl (C=O) groups excluding carboxylic acids is 17. The topological polar surface area (TPSA) is 551 Å². The molecule has 28 atom stereocenters. The highest BCUT2D eigenvalue weighted by Crippen LogP contribution is 2.42. The Hall–Kier alpha value is -9.87. The summed E-state index contributed by atoms with van der Waals surface area (Å²) >= 11 is 0. The highest BCUT2D eigenvalue weighted by atomic mass is 16.8. The minimum atomic E-state index is -2.40. The van der Waals surface area contributed by atoms with Crippen molar-refractivity contribution in [3.63, 3.8) is 0 Å². The van der Waals surface area contributed by atoms with Crippen LogP contribution in [0, 0.1) is 0 Å². The summed E-state index contributed by atoms with van der Waals surface area (Å²) in [5.41, 5.74) is 0. The lowest BCUT2D eigenvalue weighted by Crippen LogP contribution is -2.72. The van der Waals surface area contributed by atoms with Crippen LogP contribution in [0.15, 0.2) is 12.3 Å². The average molecular weight is 1650 g/mol. The summed E-state index contributed by atoms with van der Waals surface area (Å²) in [7, 11) is 0. The van der Waals surface area contributed by atoms with Gasteiger partial charge in [-0.1, -0.05) is 0 Å². The predicted molar refractivity (Wildman–Crippen MR) is 359 cm³/mol. The van der Waals surface area contributed by atoms with Gasteiger partial charge in [-0.15, -0.1) is 0 Å². The zero-order valence-corrected chi connectivity index (χ0v) is 65.8. The Kier molecular flexibility index (Phi) is 35.3. The largest absolute Gasteiger partial charge is 0.492 e. The minimum Gasteiger partial charge on any atom is -0.492 e. The molecule has 0 saturated carbocycles. The molecule has 5 saturated heterocycles. The van der Waals surface area contributed by atoms with Gasteiger partial charge in [0.05, 0.1) is 12.4 Å². The van der Waals surface area contributed by atoms with Gasteiger partial charge in [-0.3, -0.25) is 81.5 Å². The molecule has 0 spiro atoms. The second-order valence-electron chi connectivity index (χ2n) is 26.4. The third-order valence-electron chi connectivity index (χ3n) is 16.8. The molecule has 45 heteroatoms. The van der Waals surface area contributed by atoms with Crippen LogP contribution in [-0.4, -0.2) is 306 Å². The summed E-state index contributed by atoms with van der Waals surface area (Å²) in [6.45, 7) is 12.7. The molecule has 0 aromatic heterocycles. The van der Waals surface area contributed by atoms with Crippen molar-refractivity contribution >= 4 is 101 Å². The number of amides is 1. The van der Waals surface area contributed by atoms with Crippen molar-refractivity contribution in [3.05, 3.63) is 12.3 Å².